The fourth-order valence-corrected chi connectivity index (χ4v) is 2.22. The Labute approximate surface area is 112 Å². The van der Waals surface area contributed by atoms with Crippen LogP contribution in [0.4, 0.5) is 0 Å². The fraction of sp³-hybridized carbons (Fsp3) is 0.429. The molecule has 0 radical (unpaired) electrons. The van der Waals surface area contributed by atoms with Crippen molar-refractivity contribution < 1.29 is 14.0 Å². The standard InChI is InChI=1S/C14H18N2O3/c1-3-12(17)15-11-4-7-16(8-5-11)14(18)13-10(2)6-9-19-13/h3,6,9,11H,1,4-5,7-8H2,2H3,(H,15,17). The Morgan fingerprint density at radius 2 is 2.16 bits per heavy atom. The van der Waals surface area contributed by atoms with Gasteiger partial charge >= 0.3 is 0 Å². The van der Waals surface area contributed by atoms with E-state index in [0.29, 0.717) is 18.8 Å². The second-order valence-electron chi connectivity index (χ2n) is 4.71. The van der Waals surface area contributed by atoms with Crippen molar-refractivity contribution in [1.29, 1.82) is 0 Å². The highest BCUT2D eigenvalue weighted by Gasteiger charge is 2.26. The number of carbonyl (C=O) groups excluding carboxylic acids is 2. The number of amides is 2. The van der Waals surface area contributed by atoms with Gasteiger partial charge in [-0.05, 0) is 31.9 Å². The summed E-state index contributed by atoms with van der Waals surface area (Å²) in [5, 5.41) is 2.86. The molecule has 102 valence electrons. The zero-order valence-corrected chi connectivity index (χ0v) is 11.0. The molecule has 0 bridgehead atoms. The highest BCUT2D eigenvalue weighted by molar-refractivity contribution is 5.93. The number of hydrogen-bond donors (Lipinski definition) is 1. The van der Waals surface area contributed by atoms with Gasteiger partial charge < -0.3 is 14.6 Å². The van der Waals surface area contributed by atoms with Crippen LogP contribution in [0, 0.1) is 6.92 Å². The number of nitrogens with zero attached hydrogens (tertiary/aromatic N) is 1. The maximum absolute atomic E-state index is 12.2. The van der Waals surface area contributed by atoms with Crippen LogP contribution in [0.2, 0.25) is 0 Å². The van der Waals surface area contributed by atoms with Crippen LogP contribution in [0.1, 0.15) is 29.0 Å². The number of nitrogens with one attached hydrogen (secondary N) is 1. The largest absolute Gasteiger partial charge is 0.459 e. The first-order chi connectivity index (χ1) is 9.11. The number of likely N-dealkylation sites (tertiary alicyclic amines) is 1. The summed E-state index contributed by atoms with van der Waals surface area (Å²) >= 11 is 0. The predicted molar refractivity (Wildman–Crippen MR) is 70.7 cm³/mol. The molecule has 2 amide bonds. The van der Waals surface area contributed by atoms with Crippen LogP contribution in [0.5, 0.6) is 0 Å². The number of carbonyl (C=O) groups is 2. The van der Waals surface area contributed by atoms with Crippen molar-refractivity contribution in [3.8, 4) is 0 Å². The van der Waals surface area contributed by atoms with Gasteiger partial charge in [-0.2, -0.15) is 0 Å². The van der Waals surface area contributed by atoms with Crippen molar-refractivity contribution in [2.75, 3.05) is 13.1 Å². The van der Waals surface area contributed by atoms with Crippen molar-refractivity contribution in [2.45, 2.75) is 25.8 Å². The molecule has 19 heavy (non-hydrogen) atoms. The van der Waals surface area contributed by atoms with E-state index < -0.39 is 0 Å². The molecule has 1 fully saturated rings. The van der Waals surface area contributed by atoms with Crippen LogP contribution >= 0.6 is 0 Å². The van der Waals surface area contributed by atoms with Gasteiger partial charge in [0.05, 0.1) is 6.26 Å². The summed E-state index contributed by atoms with van der Waals surface area (Å²) in [4.78, 5) is 25.2. The molecule has 0 aliphatic carbocycles. The molecule has 0 atom stereocenters. The first-order valence-electron chi connectivity index (χ1n) is 6.38. The summed E-state index contributed by atoms with van der Waals surface area (Å²) in [6, 6.07) is 1.90. The van der Waals surface area contributed by atoms with Crippen molar-refractivity contribution in [2.24, 2.45) is 0 Å². The van der Waals surface area contributed by atoms with Crippen molar-refractivity contribution >= 4 is 11.8 Å². The average molecular weight is 262 g/mol. The molecular weight excluding hydrogens is 244 g/mol. The third-order valence-corrected chi connectivity index (χ3v) is 3.37. The van der Waals surface area contributed by atoms with E-state index in [1.807, 2.05) is 6.92 Å². The van der Waals surface area contributed by atoms with Gasteiger partial charge in [-0.3, -0.25) is 9.59 Å². The fourth-order valence-electron chi connectivity index (χ4n) is 2.22. The van der Waals surface area contributed by atoms with E-state index in [1.54, 1.807) is 11.0 Å². The molecule has 1 aromatic rings. The second kappa shape index (κ2) is 5.73. The summed E-state index contributed by atoms with van der Waals surface area (Å²) in [6.07, 6.45) is 4.31. The topological polar surface area (TPSA) is 62.6 Å². The molecular formula is C14H18N2O3. The number of rotatable bonds is 3. The van der Waals surface area contributed by atoms with Crippen molar-refractivity contribution in [3.63, 3.8) is 0 Å². The van der Waals surface area contributed by atoms with Crippen LogP contribution in [-0.2, 0) is 4.79 Å². The molecule has 1 aliphatic heterocycles. The Kier molecular flexibility index (Phi) is 4.04. The number of hydrogen-bond acceptors (Lipinski definition) is 3. The average Bonchev–Trinajstić information content (AvgIpc) is 2.85. The van der Waals surface area contributed by atoms with Crippen LogP contribution in [0.25, 0.3) is 0 Å². The minimum absolute atomic E-state index is 0.0732. The van der Waals surface area contributed by atoms with Gasteiger partial charge in [-0.1, -0.05) is 6.58 Å². The summed E-state index contributed by atoms with van der Waals surface area (Å²) in [6.45, 7) is 6.53. The van der Waals surface area contributed by atoms with Gasteiger partial charge in [-0.15, -0.1) is 0 Å². The second-order valence-corrected chi connectivity index (χ2v) is 4.71. The molecule has 1 saturated heterocycles. The Hall–Kier alpha value is -2.04. The molecule has 5 heteroatoms. The summed E-state index contributed by atoms with van der Waals surface area (Å²) in [5.74, 6) is 0.177. The third-order valence-electron chi connectivity index (χ3n) is 3.37. The van der Waals surface area contributed by atoms with Crippen molar-refractivity contribution in [1.82, 2.24) is 10.2 Å². The zero-order chi connectivity index (χ0) is 13.8. The van der Waals surface area contributed by atoms with E-state index in [0.717, 1.165) is 18.4 Å². The Morgan fingerprint density at radius 1 is 1.47 bits per heavy atom. The summed E-state index contributed by atoms with van der Waals surface area (Å²) < 4.78 is 5.21. The smallest absolute Gasteiger partial charge is 0.289 e. The lowest BCUT2D eigenvalue weighted by Crippen LogP contribution is -2.46. The quantitative estimate of drug-likeness (QED) is 0.840. The highest BCUT2D eigenvalue weighted by atomic mass is 16.3. The minimum atomic E-state index is -0.161. The van der Waals surface area contributed by atoms with E-state index in [1.165, 1.54) is 12.3 Å². The monoisotopic (exact) mass is 262 g/mol. The van der Waals surface area contributed by atoms with Gasteiger partial charge in [0.1, 0.15) is 0 Å². The van der Waals surface area contributed by atoms with Gasteiger partial charge in [0.2, 0.25) is 5.91 Å². The third kappa shape index (κ3) is 3.05. The maximum Gasteiger partial charge on any atom is 0.289 e. The number of furan rings is 1. The van der Waals surface area contributed by atoms with Crippen LogP contribution in [-0.4, -0.2) is 35.8 Å². The van der Waals surface area contributed by atoms with Gasteiger partial charge in [0.15, 0.2) is 5.76 Å². The molecule has 0 spiro atoms. The molecule has 2 rings (SSSR count). The SMILES string of the molecule is C=CC(=O)NC1CCN(C(=O)c2occc2C)CC1. The van der Waals surface area contributed by atoms with Gasteiger partial charge in [0.25, 0.3) is 5.91 Å². The Morgan fingerprint density at radius 3 is 2.68 bits per heavy atom. The van der Waals surface area contributed by atoms with E-state index in [-0.39, 0.29) is 17.9 Å². The van der Waals surface area contributed by atoms with Crippen LogP contribution in [0.15, 0.2) is 29.4 Å². The predicted octanol–water partition coefficient (Wildman–Crippen LogP) is 1.49. The molecule has 1 aromatic heterocycles. The number of piperidine rings is 1. The summed E-state index contributed by atoms with van der Waals surface area (Å²) in [5.41, 5.74) is 0.854. The number of aryl methyl sites for hydroxylation is 1. The van der Waals surface area contributed by atoms with Crippen LogP contribution in [0.3, 0.4) is 0 Å². The van der Waals surface area contributed by atoms with Gasteiger partial charge in [0, 0.05) is 24.7 Å². The Balaban J connectivity index is 1.90. The maximum atomic E-state index is 12.2. The molecule has 0 unspecified atom stereocenters. The molecule has 5 nitrogen and oxygen atoms in total. The minimum Gasteiger partial charge on any atom is -0.459 e. The molecule has 0 saturated carbocycles. The van der Waals surface area contributed by atoms with Crippen molar-refractivity contribution in [3.05, 3.63) is 36.3 Å². The molecule has 1 aliphatic rings. The lowest BCUT2D eigenvalue weighted by molar-refractivity contribution is -0.117. The van der Waals surface area contributed by atoms with Crippen LogP contribution < -0.4 is 5.32 Å². The zero-order valence-electron chi connectivity index (χ0n) is 11.0. The lowest BCUT2D eigenvalue weighted by Gasteiger charge is -2.31. The van der Waals surface area contributed by atoms with E-state index in [9.17, 15) is 9.59 Å². The van der Waals surface area contributed by atoms with Gasteiger partial charge in [-0.25, -0.2) is 0 Å². The first-order valence-corrected chi connectivity index (χ1v) is 6.38. The molecule has 0 aromatic carbocycles. The molecule has 1 N–H and O–H groups in total. The van der Waals surface area contributed by atoms with E-state index in [4.69, 9.17) is 4.42 Å². The first kappa shape index (κ1) is 13.4. The lowest BCUT2D eigenvalue weighted by atomic mass is 10.0. The van der Waals surface area contributed by atoms with E-state index >= 15 is 0 Å². The summed E-state index contributed by atoms with van der Waals surface area (Å²) in [7, 11) is 0. The Bertz CT molecular complexity index is 485. The highest BCUT2D eigenvalue weighted by Crippen LogP contribution is 2.17. The normalized spacial score (nSPS) is 16.2. The molecule has 2 heterocycles. The van der Waals surface area contributed by atoms with E-state index in [2.05, 4.69) is 11.9 Å².